The van der Waals surface area contributed by atoms with Gasteiger partial charge >= 0.3 is 0 Å². The molecule has 0 saturated carbocycles. The van der Waals surface area contributed by atoms with Gasteiger partial charge < -0.3 is 20.4 Å². The molecule has 0 aromatic carbocycles. The van der Waals surface area contributed by atoms with Crippen LogP contribution in [0, 0.1) is 5.92 Å². The number of hydrogen-bond acceptors (Lipinski definition) is 6. The van der Waals surface area contributed by atoms with Gasteiger partial charge in [-0.05, 0) is 31.4 Å². The molecule has 26 heavy (non-hydrogen) atoms. The lowest BCUT2D eigenvalue weighted by Gasteiger charge is -2.30. The van der Waals surface area contributed by atoms with Crippen molar-refractivity contribution in [2.45, 2.75) is 18.9 Å². The van der Waals surface area contributed by atoms with Crippen LogP contribution in [0.3, 0.4) is 0 Å². The van der Waals surface area contributed by atoms with Gasteiger partial charge in [0.05, 0.1) is 10.4 Å². The summed E-state index contributed by atoms with van der Waals surface area (Å²) in [5, 5.41) is 9.98. The van der Waals surface area contributed by atoms with Crippen molar-refractivity contribution in [3.63, 3.8) is 0 Å². The molecule has 7 heteroatoms. The molecule has 0 aliphatic carbocycles. The van der Waals surface area contributed by atoms with E-state index in [1.165, 1.54) is 25.2 Å². The first kappa shape index (κ1) is 16.5. The Balaban J connectivity index is 1.35. The van der Waals surface area contributed by atoms with Crippen molar-refractivity contribution in [1.82, 2.24) is 20.5 Å². The first-order valence-electron chi connectivity index (χ1n) is 9.62. The number of carbonyl (C=O) groups is 1. The van der Waals surface area contributed by atoms with E-state index in [1.807, 2.05) is 12.3 Å². The molecule has 3 atom stereocenters. The molecule has 6 nitrogen and oxygen atoms in total. The Labute approximate surface area is 157 Å². The van der Waals surface area contributed by atoms with E-state index in [1.54, 1.807) is 11.3 Å². The van der Waals surface area contributed by atoms with Gasteiger partial charge in [-0.25, -0.2) is 4.98 Å². The summed E-state index contributed by atoms with van der Waals surface area (Å²) in [6.07, 6.45) is 4.24. The molecule has 2 N–H and O–H groups in total. The molecule has 2 bridgehead atoms. The molecule has 2 aromatic heterocycles. The van der Waals surface area contributed by atoms with Crippen LogP contribution >= 0.6 is 11.3 Å². The second-order valence-electron chi connectivity index (χ2n) is 7.74. The number of piperazine rings is 1. The number of nitrogens with one attached hydrogen (secondary N) is 2. The van der Waals surface area contributed by atoms with Gasteiger partial charge in [-0.15, -0.1) is 11.3 Å². The summed E-state index contributed by atoms with van der Waals surface area (Å²) in [7, 11) is 0. The second kappa shape index (κ2) is 6.79. The molecular formula is C19H25N5OS. The zero-order valence-corrected chi connectivity index (χ0v) is 15.7. The fourth-order valence-electron chi connectivity index (χ4n) is 4.62. The fourth-order valence-corrected chi connectivity index (χ4v) is 5.54. The van der Waals surface area contributed by atoms with Crippen LogP contribution in [0.15, 0.2) is 17.6 Å². The van der Waals surface area contributed by atoms with Gasteiger partial charge in [0.1, 0.15) is 5.69 Å². The number of pyridine rings is 1. The average molecular weight is 372 g/mol. The van der Waals surface area contributed by atoms with Crippen molar-refractivity contribution in [1.29, 1.82) is 0 Å². The lowest BCUT2D eigenvalue weighted by Crippen LogP contribution is -2.47. The van der Waals surface area contributed by atoms with Gasteiger partial charge in [-0.3, -0.25) is 4.79 Å². The van der Waals surface area contributed by atoms with Gasteiger partial charge in [-0.1, -0.05) is 0 Å². The zero-order chi connectivity index (χ0) is 17.5. The molecular weight excluding hydrogens is 346 g/mol. The number of amides is 1. The standard InChI is InChI=1S/C19H25N5OS/c25-19(22-14-7-13-1-4-23(10-13)11-14)16-8-15-17(12-26-18(15)9-21-16)24-5-2-20-3-6-24/h8-9,12-14,20H,1-7,10-11H2,(H,22,25)/t13-,14+/m0/s1. The third-order valence-electron chi connectivity index (χ3n) is 5.93. The van der Waals surface area contributed by atoms with E-state index >= 15 is 0 Å². The Morgan fingerprint density at radius 3 is 3.00 bits per heavy atom. The van der Waals surface area contributed by atoms with Gasteiger partial charge in [0.2, 0.25) is 0 Å². The highest BCUT2D eigenvalue weighted by Crippen LogP contribution is 2.33. The number of nitrogens with zero attached hydrogens (tertiary/aromatic N) is 3. The molecule has 0 radical (unpaired) electrons. The molecule has 3 saturated heterocycles. The van der Waals surface area contributed by atoms with E-state index in [2.05, 4.69) is 30.8 Å². The number of anilines is 1. The third-order valence-corrected chi connectivity index (χ3v) is 6.85. The van der Waals surface area contributed by atoms with Crippen LogP contribution in [0.25, 0.3) is 10.1 Å². The maximum Gasteiger partial charge on any atom is 0.270 e. The van der Waals surface area contributed by atoms with E-state index in [4.69, 9.17) is 0 Å². The molecule has 0 spiro atoms. The summed E-state index contributed by atoms with van der Waals surface area (Å²) in [6, 6.07) is 2.24. The van der Waals surface area contributed by atoms with Crippen molar-refractivity contribution < 1.29 is 4.79 Å². The average Bonchev–Trinajstić information content (AvgIpc) is 3.24. The summed E-state index contributed by atoms with van der Waals surface area (Å²) < 4.78 is 1.15. The van der Waals surface area contributed by atoms with E-state index in [-0.39, 0.29) is 11.9 Å². The second-order valence-corrected chi connectivity index (χ2v) is 8.66. The zero-order valence-electron chi connectivity index (χ0n) is 14.9. The quantitative estimate of drug-likeness (QED) is 0.857. The van der Waals surface area contributed by atoms with E-state index < -0.39 is 0 Å². The van der Waals surface area contributed by atoms with E-state index in [0.717, 1.165) is 55.1 Å². The molecule has 5 rings (SSSR count). The van der Waals surface area contributed by atoms with Crippen molar-refractivity contribution in [3.05, 3.63) is 23.3 Å². The molecule has 1 unspecified atom stereocenters. The van der Waals surface area contributed by atoms with Gasteiger partial charge in [0.25, 0.3) is 5.91 Å². The summed E-state index contributed by atoms with van der Waals surface area (Å²) in [4.78, 5) is 22.1. The van der Waals surface area contributed by atoms with Crippen LogP contribution in [0.1, 0.15) is 23.3 Å². The van der Waals surface area contributed by atoms with Crippen molar-refractivity contribution in [2.24, 2.45) is 5.92 Å². The first-order chi connectivity index (χ1) is 12.8. The highest BCUT2D eigenvalue weighted by atomic mass is 32.1. The summed E-state index contributed by atoms with van der Waals surface area (Å²) >= 11 is 1.71. The van der Waals surface area contributed by atoms with Crippen LogP contribution in [-0.2, 0) is 0 Å². The van der Waals surface area contributed by atoms with Crippen molar-refractivity contribution in [2.75, 3.05) is 50.7 Å². The topological polar surface area (TPSA) is 60.5 Å². The summed E-state index contributed by atoms with van der Waals surface area (Å²) in [5.74, 6) is 0.720. The molecule has 2 aromatic rings. The number of fused-ring (bicyclic) bond motifs is 3. The lowest BCUT2D eigenvalue weighted by atomic mass is 9.97. The minimum Gasteiger partial charge on any atom is -0.368 e. The Bertz CT molecular complexity index is 803. The van der Waals surface area contributed by atoms with Crippen LogP contribution in [0.2, 0.25) is 0 Å². The van der Waals surface area contributed by atoms with Gasteiger partial charge in [0.15, 0.2) is 0 Å². The molecule has 138 valence electrons. The predicted octanol–water partition coefficient (Wildman–Crippen LogP) is 1.53. The number of carbonyl (C=O) groups excluding carboxylic acids is 1. The molecule has 5 heterocycles. The summed E-state index contributed by atoms with van der Waals surface area (Å²) in [6.45, 7) is 7.41. The Kier molecular flexibility index (Phi) is 4.30. The molecule has 3 aliphatic heterocycles. The maximum atomic E-state index is 12.8. The largest absolute Gasteiger partial charge is 0.368 e. The normalized spacial score (nSPS) is 28.5. The number of aromatic nitrogens is 1. The van der Waals surface area contributed by atoms with Gasteiger partial charge in [0, 0.05) is 62.3 Å². The fraction of sp³-hybridized carbons (Fsp3) is 0.579. The maximum absolute atomic E-state index is 12.8. The smallest absolute Gasteiger partial charge is 0.270 e. The first-order valence-corrected chi connectivity index (χ1v) is 10.5. The van der Waals surface area contributed by atoms with Crippen molar-refractivity contribution >= 4 is 33.0 Å². The minimum atomic E-state index is -0.0307. The molecule has 1 amide bonds. The van der Waals surface area contributed by atoms with E-state index in [9.17, 15) is 4.79 Å². The predicted molar refractivity (Wildman–Crippen MR) is 105 cm³/mol. The van der Waals surface area contributed by atoms with Crippen LogP contribution < -0.4 is 15.5 Å². The van der Waals surface area contributed by atoms with Gasteiger partial charge in [-0.2, -0.15) is 0 Å². The van der Waals surface area contributed by atoms with Crippen LogP contribution in [0.5, 0.6) is 0 Å². The Morgan fingerprint density at radius 1 is 1.27 bits per heavy atom. The SMILES string of the molecule is O=C(N[C@@H]1C[C@@H]2CCN(C2)C1)c1cc2c(N3CCNCC3)csc2cn1. The highest BCUT2D eigenvalue weighted by Gasteiger charge is 2.33. The summed E-state index contributed by atoms with van der Waals surface area (Å²) in [5.41, 5.74) is 1.78. The Hall–Kier alpha value is -1.70. The molecule has 3 fully saturated rings. The number of hydrogen-bond donors (Lipinski definition) is 2. The monoisotopic (exact) mass is 371 g/mol. The Morgan fingerprint density at radius 2 is 2.15 bits per heavy atom. The van der Waals surface area contributed by atoms with E-state index in [0.29, 0.717) is 5.69 Å². The lowest BCUT2D eigenvalue weighted by molar-refractivity contribution is 0.0904. The van der Waals surface area contributed by atoms with Crippen LogP contribution in [0.4, 0.5) is 5.69 Å². The van der Waals surface area contributed by atoms with Crippen molar-refractivity contribution in [3.8, 4) is 0 Å². The highest BCUT2D eigenvalue weighted by molar-refractivity contribution is 7.17. The van der Waals surface area contributed by atoms with Crippen LogP contribution in [-0.4, -0.2) is 67.6 Å². The molecule has 3 aliphatic rings. The number of thiophene rings is 1. The number of piperidine rings is 1. The third kappa shape index (κ3) is 3.08. The number of rotatable bonds is 3. The minimum absolute atomic E-state index is 0.0307.